The number of rotatable bonds is 3. The van der Waals surface area contributed by atoms with E-state index in [9.17, 15) is 15.0 Å². The number of amides is 1. The quantitative estimate of drug-likeness (QED) is 0.735. The summed E-state index contributed by atoms with van der Waals surface area (Å²) in [5.74, 6) is 7.07. The summed E-state index contributed by atoms with van der Waals surface area (Å²) in [5.41, 5.74) is 1.32. The molecule has 1 amide bonds. The average molecular weight is 423 g/mol. The van der Waals surface area contributed by atoms with Crippen LogP contribution in [0.3, 0.4) is 0 Å². The van der Waals surface area contributed by atoms with Crippen molar-refractivity contribution in [3.05, 3.63) is 35.4 Å². The van der Waals surface area contributed by atoms with Crippen LogP contribution in [0.2, 0.25) is 0 Å². The topological polar surface area (TPSA) is 64.0 Å². The number of carbonyl (C=O) groups excluding carboxylic acids is 1. The standard InChI is InChI=1S/C26H34N2O3/c29-18-23-24(20-7-5-19(6-8-20)11-14-26(31)12-1-2-13-26)22-17-27(25(30)21-9-10-21)15-3-4-16-28(22)23/h5-8,21-24,29,31H,1-4,9-10,12-13,15-18H2/t22-,23-,24+/m0/s1. The molecule has 2 aliphatic carbocycles. The Morgan fingerprint density at radius 1 is 1.06 bits per heavy atom. The van der Waals surface area contributed by atoms with E-state index in [1.165, 1.54) is 5.56 Å². The highest BCUT2D eigenvalue weighted by molar-refractivity contribution is 5.81. The first-order chi connectivity index (χ1) is 15.1. The Bertz CT molecular complexity index is 861. The van der Waals surface area contributed by atoms with Gasteiger partial charge in [0.05, 0.1) is 6.61 Å². The molecule has 5 rings (SSSR count). The molecule has 0 unspecified atom stereocenters. The lowest BCUT2D eigenvalue weighted by Gasteiger charge is -2.57. The van der Waals surface area contributed by atoms with Gasteiger partial charge in [-0.15, -0.1) is 0 Å². The second-order valence-electron chi connectivity index (χ2n) is 9.96. The SMILES string of the molecule is O=C(C1CC1)N1CCCCN2[C@@H](CO)[C@H](c3ccc(C#CC4(O)CCCC4)cc3)[C@@H]2C1. The predicted octanol–water partition coefficient (Wildman–Crippen LogP) is 2.50. The van der Waals surface area contributed by atoms with E-state index in [0.717, 1.165) is 76.6 Å². The van der Waals surface area contributed by atoms with E-state index in [0.29, 0.717) is 5.91 Å². The third-order valence-corrected chi connectivity index (χ3v) is 7.77. The molecule has 0 aromatic heterocycles. The molecule has 5 nitrogen and oxygen atoms in total. The lowest BCUT2D eigenvalue weighted by atomic mass is 9.74. The number of aliphatic hydroxyl groups is 2. The van der Waals surface area contributed by atoms with Crippen LogP contribution in [0.25, 0.3) is 0 Å². The minimum Gasteiger partial charge on any atom is -0.395 e. The second-order valence-corrected chi connectivity index (χ2v) is 9.96. The van der Waals surface area contributed by atoms with E-state index in [1.807, 2.05) is 12.1 Å². The molecule has 4 aliphatic rings. The third kappa shape index (κ3) is 4.26. The van der Waals surface area contributed by atoms with Crippen molar-refractivity contribution in [3.63, 3.8) is 0 Å². The molecule has 2 saturated heterocycles. The number of aliphatic hydroxyl groups excluding tert-OH is 1. The van der Waals surface area contributed by atoms with E-state index in [2.05, 4.69) is 33.8 Å². The van der Waals surface area contributed by atoms with E-state index < -0.39 is 5.60 Å². The van der Waals surface area contributed by atoms with Crippen LogP contribution in [0.5, 0.6) is 0 Å². The molecule has 1 aromatic carbocycles. The van der Waals surface area contributed by atoms with Gasteiger partial charge in [0.15, 0.2) is 0 Å². The molecule has 2 N–H and O–H groups in total. The van der Waals surface area contributed by atoms with Crippen LogP contribution >= 0.6 is 0 Å². The Morgan fingerprint density at radius 3 is 2.45 bits per heavy atom. The summed E-state index contributed by atoms with van der Waals surface area (Å²) in [7, 11) is 0. The minimum absolute atomic E-state index is 0.122. The van der Waals surface area contributed by atoms with Crippen molar-refractivity contribution in [1.29, 1.82) is 0 Å². The van der Waals surface area contributed by atoms with Crippen molar-refractivity contribution in [2.75, 3.05) is 26.2 Å². The van der Waals surface area contributed by atoms with Gasteiger partial charge in [-0.25, -0.2) is 0 Å². The van der Waals surface area contributed by atoms with Crippen molar-refractivity contribution in [1.82, 2.24) is 9.80 Å². The number of carbonyl (C=O) groups is 1. The van der Waals surface area contributed by atoms with Crippen LogP contribution in [0.4, 0.5) is 0 Å². The zero-order valence-corrected chi connectivity index (χ0v) is 18.3. The maximum absolute atomic E-state index is 12.8. The van der Waals surface area contributed by atoms with Gasteiger partial charge in [-0.05, 0) is 75.6 Å². The molecule has 2 saturated carbocycles. The summed E-state index contributed by atoms with van der Waals surface area (Å²) >= 11 is 0. The van der Waals surface area contributed by atoms with Crippen LogP contribution in [0, 0.1) is 17.8 Å². The van der Waals surface area contributed by atoms with Gasteiger partial charge in [0.1, 0.15) is 5.60 Å². The molecule has 4 fully saturated rings. The lowest BCUT2D eigenvalue weighted by Crippen LogP contribution is -2.68. The molecular weight excluding hydrogens is 388 g/mol. The number of nitrogens with zero attached hydrogens (tertiary/aromatic N) is 2. The van der Waals surface area contributed by atoms with Gasteiger partial charge in [-0.3, -0.25) is 9.69 Å². The maximum Gasteiger partial charge on any atom is 0.225 e. The van der Waals surface area contributed by atoms with Crippen molar-refractivity contribution in [3.8, 4) is 11.8 Å². The Morgan fingerprint density at radius 2 is 1.77 bits per heavy atom. The Kier molecular flexibility index (Phi) is 5.81. The van der Waals surface area contributed by atoms with Crippen molar-refractivity contribution in [2.45, 2.75) is 75.0 Å². The van der Waals surface area contributed by atoms with Crippen LogP contribution in [-0.4, -0.2) is 69.8 Å². The highest BCUT2D eigenvalue weighted by Gasteiger charge is 2.50. The normalized spacial score (nSPS) is 30.4. The van der Waals surface area contributed by atoms with Crippen LogP contribution in [0.1, 0.15) is 68.4 Å². The van der Waals surface area contributed by atoms with E-state index >= 15 is 0 Å². The average Bonchev–Trinajstić information content (AvgIpc) is 3.52. The number of hydrogen-bond acceptors (Lipinski definition) is 4. The van der Waals surface area contributed by atoms with Crippen LogP contribution in [-0.2, 0) is 4.79 Å². The fourth-order valence-corrected chi connectivity index (χ4v) is 5.79. The first-order valence-electron chi connectivity index (χ1n) is 12.1. The minimum atomic E-state index is -0.814. The van der Waals surface area contributed by atoms with Gasteiger partial charge in [0.25, 0.3) is 0 Å². The highest BCUT2D eigenvalue weighted by Crippen LogP contribution is 2.42. The van der Waals surface area contributed by atoms with Gasteiger partial charge >= 0.3 is 0 Å². The van der Waals surface area contributed by atoms with E-state index in [1.54, 1.807) is 0 Å². The Hall–Kier alpha value is -1.87. The number of hydrogen-bond donors (Lipinski definition) is 2. The molecule has 2 aliphatic heterocycles. The number of benzene rings is 1. The zero-order chi connectivity index (χ0) is 21.4. The van der Waals surface area contributed by atoms with Crippen LogP contribution in [0.15, 0.2) is 24.3 Å². The monoisotopic (exact) mass is 422 g/mol. The third-order valence-electron chi connectivity index (χ3n) is 7.77. The summed E-state index contributed by atoms with van der Waals surface area (Å²) in [6, 6.07) is 8.72. The van der Waals surface area contributed by atoms with Crippen LogP contribution < -0.4 is 0 Å². The fourth-order valence-electron chi connectivity index (χ4n) is 5.79. The second kappa shape index (κ2) is 8.58. The van der Waals surface area contributed by atoms with Crippen molar-refractivity contribution < 1.29 is 15.0 Å². The Labute approximate surface area is 185 Å². The fraction of sp³-hybridized carbons (Fsp3) is 0.654. The molecule has 5 heteroatoms. The summed E-state index contributed by atoms with van der Waals surface area (Å²) in [6.07, 6.45) is 7.85. The molecule has 0 bridgehead atoms. The smallest absolute Gasteiger partial charge is 0.225 e. The summed E-state index contributed by atoms with van der Waals surface area (Å²) in [6.45, 7) is 2.78. The summed E-state index contributed by atoms with van der Waals surface area (Å²) in [5, 5.41) is 20.6. The van der Waals surface area contributed by atoms with Crippen molar-refractivity contribution >= 4 is 5.91 Å². The zero-order valence-electron chi connectivity index (χ0n) is 18.3. The van der Waals surface area contributed by atoms with Gasteiger partial charge in [0.2, 0.25) is 5.91 Å². The Balaban J connectivity index is 1.33. The van der Waals surface area contributed by atoms with Gasteiger partial charge in [0, 0.05) is 42.6 Å². The molecule has 1 aromatic rings. The molecule has 166 valence electrons. The van der Waals surface area contributed by atoms with E-state index in [4.69, 9.17) is 0 Å². The molecular formula is C26H34N2O3. The number of fused-ring (bicyclic) bond motifs is 1. The lowest BCUT2D eigenvalue weighted by molar-refractivity contribution is -0.137. The molecule has 2 heterocycles. The van der Waals surface area contributed by atoms with Gasteiger partial charge in [-0.1, -0.05) is 24.0 Å². The summed E-state index contributed by atoms with van der Waals surface area (Å²) in [4.78, 5) is 17.3. The first-order valence-corrected chi connectivity index (χ1v) is 12.1. The first kappa shape index (κ1) is 21.0. The summed E-state index contributed by atoms with van der Waals surface area (Å²) < 4.78 is 0. The van der Waals surface area contributed by atoms with E-state index in [-0.39, 0.29) is 30.5 Å². The molecule has 3 atom stereocenters. The van der Waals surface area contributed by atoms with Crippen molar-refractivity contribution in [2.24, 2.45) is 5.92 Å². The molecule has 0 spiro atoms. The highest BCUT2D eigenvalue weighted by atomic mass is 16.3. The largest absolute Gasteiger partial charge is 0.395 e. The van der Waals surface area contributed by atoms with Gasteiger partial charge < -0.3 is 15.1 Å². The molecule has 31 heavy (non-hydrogen) atoms. The maximum atomic E-state index is 12.8. The predicted molar refractivity (Wildman–Crippen MR) is 119 cm³/mol. The molecule has 0 radical (unpaired) electrons. The van der Waals surface area contributed by atoms with Gasteiger partial charge in [-0.2, -0.15) is 0 Å².